The predicted molar refractivity (Wildman–Crippen MR) is 136 cm³/mol. The van der Waals surface area contributed by atoms with E-state index in [1.807, 2.05) is 66.7 Å². The number of carbonyl (C=O) groups is 3. The molecule has 1 atom stereocenters. The van der Waals surface area contributed by atoms with Crippen molar-refractivity contribution >= 4 is 46.5 Å². The second-order valence-electron chi connectivity index (χ2n) is 8.46. The molecule has 0 radical (unpaired) electrons. The van der Waals surface area contributed by atoms with E-state index >= 15 is 0 Å². The number of carbonyl (C=O) groups excluding carboxylic acids is 3. The van der Waals surface area contributed by atoms with Gasteiger partial charge in [0, 0.05) is 47.8 Å². The van der Waals surface area contributed by atoms with E-state index in [0.717, 1.165) is 21.2 Å². The van der Waals surface area contributed by atoms with Crippen LogP contribution in [-0.2, 0) is 14.3 Å². The van der Waals surface area contributed by atoms with Crippen molar-refractivity contribution in [1.82, 2.24) is 0 Å². The Morgan fingerprint density at radius 3 is 2.60 bits per heavy atom. The molecule has 1 N–H and O–H groups in total. The maximum Gasteiger partial charge on any atom is 0.259 e. The van der Waals surface area contributed by atoms with Crippen LogP contribution in [0.4, 0.5) is 17.1 Å². The smallest absolute Gasteiger partial charge is 0.259 e. The second kappa shape index (κ2) is 9.93. The van der Waals surface area contributed by atoms with E-state index in [1.54, 1.807) is 23.0 Å². The van der Waals surface area contributed by atoms with Crippen molar-refractivity contribution in [1.29, 1.82) is 0 Å². The van der Waals surface area contributed by atoms with Gasteiger partial charge in [0.15, 0.2) is 0 Å². The van der Waals surface area contributed by atoms with E-state index in [2.05, 4.69) is 5.32 Å². The Bertz CT molecular complexity index is 1280. The first-order valence-corrected chi connectivity index (χ1v) is 12.2. The van der Waals surface area contributed by atoms with Gasteiger partial charge < -0.3 is 19.9 Å². The highest BCUT2D eigenvalue weighted by Gasteiger charge is 2.35. The van der Waals surface area contributed by atoms with Gasteiger partial charge in [-0.25, -0.2) is 0 Å². The highest BCUT2D eigenvalue weighted by atomic mass is 32.2. The first kappa shape index (κ1) is 23.1. The van der Waals surface area contributed by atoms with Gasteiger partial charge in [-0.3, -0.25) is 14.4 Å². The summed E-state index contributed by atoms with van der Waals surface area (Å²) in [5.74, 6) is -0.762. The Labute approximate surface area is 208 Å². The summed E-state index contributed by atoms with van der Waals surface area (Å²) in [6.07, 6.45) is 0.174. The van der Waals surface area contributed by atoms with E-state index in [0.29, 0.717) is 30.9 Å². The molecule has 0 saturated carbocycles. The number of benzene rings is 3. The van der Waals surface area contributed by atoms with Gasteiger partial charge in [0.25, 0.3) is 5.91 Å². The van der Waals surface area contributed by atoms with E-state index in [4.69, 9.17) is 4.74 Å². The zero-order valence-corrected chi connectivity index (χ0v) is 20.1. The van der Waals surface area contributed by atoms with Gasteiger partial charge in [-0.1, -0.05) is 42.1 Å². The SMILES string of the molecule is COCCN1C(=O)c2ccccc2Sc2cc(NC(=O)C3CC(=O)N(c4ccccc4)C3)ccc21. The molecule has 178 valence electrons. The lowest BCUT2D eigenvalue weighted by atomic mass is 10.1. The summed E-state index contributed by atoms with van der Waals surface area (Å²) in [6.45, 7) is 1.17. The van der Waals surface area contributed by atoms with Gasteiger partial charge in [0.2, 0.25) is 11.8 Å². The Hall–Kier alpha value is -3.62. The first-order valence-electron chi connectivity index (χ1n) is 11.4. The highest BCUT2D eigenvalue weighted by molar-refractivity contribution is 7.99. The third-order valence-electron chi connectivity index (χ3n) is 6.18. The highest BCUT2D eigenvalue weighted by Crippen LogP contribution is 2.42. The zero-order valence-electron chi connectivity index (χ0n) is 19.3. The minimum absolute atomic E-state index is 0.0576. The van der Waals surface area contributed by atoms with Crippen LogP contribution in [0.2, 0.25) is 0 Å². The van der Waals surface area contributed by atoms with Crippen molar-refractivity contribution < 1.29 is 19.1 Å². The average Bonchev–Trinajstić information content (AvgIpc) is 3.22. The normalized spacial score (nSPS) is 17.1. The minimum Gasteiger partial charge on any atom is -0.383 e. The first-order chi connectivity index (χ1) is 17.0. The number of ether oxygens (including phenoxy) is 1. The average molecular weight is 488 g/mol. The van der Waals surface area contributed by atoms with Crippen LogP contribution in [0.15, 0.2) is 82.6 Å². The maximum atomic E-state index is 13.3. The van der Waals surface area contributed by atoms with Crippen LogP contribution in [0.1, 0.15) is 16.8 Å². The number of fused-ring (bicyclic) bond motifs is 2. The largest absolute Gasteiger partial charge is 0.383 e. The molecule has 0 aliphatic carbocycles. The summed E-state index contributed by atoms with van der Waals surface area (Å²) >= 11 is 1.50. The predicted octanol–water partition coefficient (Wildman–Crippen LogP) is 4.44. The van der Waals surface area contributed by atoms with E-state index in [1.165, 1.54) is 11.8 Å². The maximum absolute atomic E-state index is 13.3. The minimum atomic E-state index is -0.435. The van der Waals surface area contributed by atoms with Crippen molar-refractivity contribution in [3.05, 3.63) is 78.4 Å². The molecule has 3 aromatic rings. The molecule has 0 bridgehead atoms. The summed E-state index contributed by atoms with van der Waals surface area (Å²) in [4.78, 5) is 44.0. The van der Waals surface area contributed by atoms with Crippen molar-refractivity contribution in [2.45, 2.75) is 16.2 Å². The molecule has 2 aliphatic rings. The topological polar surface area (TPSA) is 79.0 Å². The van der Waals surface area contributed by atoms with Crippen LogP contribution in [0, 0.1) is 5.92 Å². The standard InChI is InChI=1S/C27H25N3O4S/c1-34-14-13-29-22-12-11-19(16-24(22)35-23-10-6-5-9-21(23)27(29)33)28-26(32)18-15-25(31)30(17-18)20-7-3-2-4-8-20/h2-12,16,18H,13-15,17H2,1H3,(H,28,32). The summed E-state index contributed by atoms with van der Waals surface area (Å²) < 4.78 is 5.23. The number of hydrogen-bond acceptors (Lipinski definition) is 5. The number of methoxy groups -OCH3 is 1. The number of nitrogens with one attached hydrogen (secondary N) is 1. The quantitative estimate of drug-likeness (QED) is 0.556. The fraction of sp³-hybridized carbons (Fsp3) is 0.222. The van der Waals surface area contributed by atoms with Crippen molar-refractivity contribution in [2.24, 2.45) is 5.92 Å². The Balaban J connectivity index is 1.37. The zero-order chi connectivity index (χ0) is 24.4. The van der Waals surface area contributed by atoms with Crippen LogP contribution >= 0.6 is 11.8 Å². The third kappa shape index (κ3) is 4.67. The molecule has 5 rings (SSSR count). The van der Waals surface area contributed by atoms with Crippen LogP contribution in [0.25, 0.3) is 0 Å². The van der Waals surface area contributed by atoms with Gasteiger partial charge in [-0.05, 0) is 42.5 Å². The molecule has 3 aromatic carbocycles. The molecule has 8 heteroatoms. The van der Waals surface area contributed by atoms with Crippen LogP contribution in [0.5, 0.6) is 0 Å². The number of hydrogen-bond donors (Lipinski definition) is 1. The van der Waals surface area contributed by atoms with E-state index < -0.39 is 5.92 Å². The second-order valence-corrected chi connectivity index (χ2v) is 9.54. The summed E-state index contributed by atoms with van der Waals surface area (Å²) in [5, 5.41) is 2.98. The molecule has 0 aromatic heterocycles. The molecule has 1 saturated heterocycles. The van der Waals surface area contributed by atoms with Crippen molar-refractivity contribution in [3.8, 4) is 0 Å². The molecule has 2 aliphatic heterocycles. The van der Waals surface area contributed by atoms with Crippen molar-refractivity contribution in [2.75, 3.05) is 41.9 Å². The van der Waals surface area contributed by atoms with E-state index in [9.17, 15) is 14.4 Å². The van der Waals surface area contributed by atoms with Gasteiger partial charge in [-0.15, -0.1) is 0 Å². The molecular weight excluding hydrogens is 462 g/mol. The Kier molecular flexibility index (Phi) is 6.57. The monoisotopic (exact) mass is 487 g/mol. The fourth-order valence-corrected chi connectivity index (χ4v) is 5.51. The molecule has 1 unspecified atom stereocenters. The fourth-order valence-electron chi connectivity index (χ4n) is 4.39. The molecule has 0 spiro atoms. The summed E-state index contributed by atoms with van der Waals surface area (Å²) in [7, 11) is 1.61. The summed E-state index contributed by atoms with van der Waals surface area (Å²) in [5.41, 5.74) is 2.84. The summed E-state index contributed by atoms with van der Waals surface area (Å²) in [6, 6.07) is 22.5. The van der Waals surface area contributed by atoms with Crippen molar-refractivity contribution in [3.63, 3.8) is 0 Å². The third-order valence-corrected chi connectivity index (χ3v) is 7.31. The molecule has 3 amide bonds. The number of nitrogens with zero attached hydrogens (tertiary/aromatic N) is 2. The van der Waals surface area contributed by atoms with Gasteiger partial charge >= 0.3 is 0 Å². The molecular formula is C27H25N3O4S. The molecule has 2 heterocycles. The van der Waals surface area contributed by atoms with Gasteiger partial charge in [0.1, 0.15) is 0 Å². The Morgan fingerprint density at radius 1 is 1.03 bits per heavy atom. The molecule has 1 fully saturated rings. The number of rotatable bonds is 6. The van der Waals surface area contributed by atoms with Crippen LogP contribution in [-0.4, -0.2) is 44.5 Å². The van der Waals surface area contributed by atoms with Gasteiger partial charge in [-0.2, -0.15) is 0 Å². The van der Waals surface area contributed by atoms with Crippen LogP contribution in [0.3, 0.4) is 0 Å². The number of amides is 3. The lowest BCUT2D eigenvalue weighted by Gasteiger charge is -2.23. The Morgan fingerprint density at radius 2 is 1.80 bits per heavy atom. The molecule has 7 nitrogen and oxygen atoms in total. The van der Waals surface area contributed by atoms with Crippen LogP contribution < -0.4 is 15.1 Å². The molecule has 35 heavy (non-hydrogen) atoms. The van der Waals surface area contributed by atoms with E-state index in [-0.39, 0.29) is 24.1 Å². The lowest BCUT2D eigenvalue weighted by molar-refractivity contribution is -0.122. The van der Waals surface area contributed by atoms with Gasteiger partial charge in [0.05, 0.1) is 23.8 Å². The number of para-hydroxylation sites is 1. The lowest BCUT2D eigenvalue weighted by Crippen LogP contribution is -2.33. The number of anilines is 3.